The molecule has 3 N–H and O–H groups in total. The zero-order valence-electron chi connectivity index (χ0n) is 22.8. The van der Waals surface area contributed by atoms with E-state index in [1.807, 2.05) is 62.0 Å². The molecule has 2 aromatic carbocycles. The highest BCUT2D eigenvalue weighted by molar-refractivity contribution is 6.42. The van der Waals surface area contributed by atoms with E-state index in [2.05, 4.69) is 0 Å². The van der Waals surface area contributed by atoms with Gasteiger partial charge in [-0.25, -0.2) is 0 Å². The van der Waals surface area contributed by atoms with Crippen LogP contribution in [0.5, 0.6) is 0 Å². The van der Waals surface area contributed by atoms with Gasteiger partial charge in [0, 0.05) is 43.7 Å². The third kappa shape index (κ3) is 7.07. The highest BCUT2D eigenvalue weighted by Gasteiger charge is 2.32. The van der Waals surface area contributed by atoms with Gasteiger partial charge in [0.15, 0.2) is 0 Å². The topological polar surface area (TPSA) is 127 Å². The van der Waals surface area contributed by atoms with Crippen molar-refractivity contribution in [3.8, 4) is 0 Å². The third-order valence-corrected chi connectivity index (χ3v) is 7.08. The number of hydrogen-bond acceptors (Lipinski definition) is 7. The molecule has 10 nitrogen and oxygen atoms in total. The molecule has 39 heavy (non-hydrogen) atoms. The standard InChI is InChI=1S/C25H27Cl2N5O4.C2H6.H3N/c1-28(2)10-5-11-31-21-7-4-3-6-18(21)22(23(25(31)34)32(35)36)29-12-14-30(15-13-29)24(33)17-8-9-19(26)20(27)16-17;1-2;/h3-4,6-9,16H,5,10-15H2,1-2H3;1-2H3;1H3. The molecular formula is C27H36Cl2N6O4. The maximum absolute atomic E-state index is 13.4. The summed E-state index contributed by atoms with van der Waals surface area (Å²) in [6, 6.07) is 12.0. The lowest BCUT2D eigenvalue weighted by atomic mass is 10.1. The van der Waals surface area contributed by atoms with Gasteiger partial charge in [-0.2, -0.15) is 0 Å². The second-order valence-corrected chi connectivity index (χ2v) is 9.81. The Morgan fingerprint density at radius 2 is 1.67 bits per heavy atom. The molecule has 0 aliphatic carbocycles. The second-order valence-electron chi connectivity index (χ2n) is 8.99. The first kappa shape index (κ1) is 32.0. The van der Waals surface area contributed by atoms with E-state index in [9.17, 15) is 19.7 Å². The summed E-state index contributed by atoms with van der Waals surface area (Å²) in [6.07, 6.45) is 0.683. The molecule has 0 bridgehead atoms. The van der Waals surface area contributed by atoms with Crippen molar-refractivity contribution in [2.75, 3.05) is 51.7 Å². The molecule has 1 aliphatic rings. The average Bonchev–Trinajstić information content (AvgIpc) is 2.91. The maximum Gasteiger partial charge on any atom is 0.357 e. The van der Waals surface area contributed by atoms with Crippen LogP contribution >= 0.6 is 23.2 Å². The van der Waals surface area contributed by atoms with Gasteiger partial charge in [-0.1, -0.05) is 55.2 Å². The van der Waals surface area contributed by atoms with Crippen LogP contribution in [0.15, 0.2) is 47.3 Å². The molecule has 0 radical (unpaired) electrons. The van der Waals surface area contributed by atoms with E-state index in [1.54, 1.807) is 17.0 Å². The normalized spacial score (nSPS) is 13.1. The molecule has 12 heteroatoms. The molecule has 212 valence electrons. The predicted molar refractivity (Wildman–Crippen MR) is 159 cm³/mol. The van der Waals surface area contributed by atoms with Crippen LogP contribution in [0.1, 0.15) is 30.6 Å². The quantitative estimate of drug-likeness (QED) is 0.297. The Balaban J connectivity index is 0.00000174. The molecule has 0 spiro atoms. The molecule has 1 fully saturated rings. The molecule has 1 aliphatic heterocycles. The number of para-hydroxylation sites is 1. The van der Waals surface area contributed by atoms with Crippen LogP contribution in [0.3, 0.4) is 0 Å². The van der Waals surface area contributed by atoms with E-state index in [-0.39, 0.29) is 12.1 Å². The van der Waals surface area contributed by atoms with Crippen molar-refractivity contribution in [1.29, 1.82) is 0 Å². The van der Waals surface area contributed by atoms with E-state index in [4.69, 9.17) is 23.2 Å². The van der Waals surface area contributed by atoms with Crippen LogP contribution < -0.4 is 16.6 Å². The molecule has 3 aromatic rings. The van der Waals surface area contributed by atoms with Crippen molar-refractivity contribution in [2.45, 2.75) is 26.8 Å². The van der Waals surface area contributed by atoms with Crippen molar-refractivity contribution >= 4 is 51.4 Å². The first-order chi connectivity index (χ1) is 18.2. The molecule has 1 saturated heterocycles. The zero-order valence-corrected chi connectivity index (χ0v) is 24.3. The first-order valence-corrected chi connectivity index (χ1v) is 13.4. The van der Waals surface area contributed by atoms with Crippen molar-refractivity contribution < 1.29 is 9.72 Å². The number of amides is 1. The van der Waals surface area contributed by atoms with Crippen molar-refractivity contribution in [3.05, 3.63) is 78.5 Å². The lowest BCUT2D eigenvalue weighted by Crippen LogP contribution is -2.49. The lowest BCUT2D eigenvalue weighted by molar-refractivity contribution is -0.385. The highest BCUT2D eigenvalue weighted by Crippen LogP contribution is 2.34. The molecule has 4 rings (SSSR count). The van der Waals surface area contributed by atoms with Crippen molar-refractivity contribution in [3.63, 3.8) is 0 Å². The number of nitrogens with zero attached hydrogens (tertiary/aromatic N) is 5. The number of hydrogen-bond donors (Lipinski definition) is 1. The summed E-state index contributed by atoms with van der Waals surface area (Å²) in [7, 11) is 3.89. The second kappa shape index (κ2) is 14.3. The molecule has 0 saturated carbocycles. The molecular weight excluding hydrogens is 543 g/mol. The van der Waals surface area contributed by atoms with Crippen LogP contribution in [0.4, 0.5) is 11.4 Å². The summed E-state index contributed by atoms with van der Waals surface area (Å²) >= 11 is 12.0. The molecule has 0 unspecified atom stereocenters. The first-order valence-electron chi connectivity index (χ1n) is 12.6. The number of anilines is 1. The van der Waals surface area contributed by atoms with Crippen LogP contribution in [0.25, 0.3) is 10.9 Å². The minimum Gasteiger partial charge on any atom is -0.362 e. The van der Waals surface area contributed by atoms with Gasteiger partial charge in [-0.15, -0.1) is 0 Å². The molecule has 1 amide bonds. The molecule has 2 heterocycles. The SMILES string of the molecule is CC.CN(C)CCCn1c(=O)c([N+](=O)[O-])c(N2CCN(C(=O)c3ccc(Cl)c(Cl)c3)CC2)c2ccccc21.N. The van der Waals surface area contributed by atoms with Crippen LogP contribution in [0, 0.1) is 10.1 Å². The predicted octanol–water partition coefficient (Wildman–Crippen LogP) is 5.32. The van der Waals surface area contributed by atoms with Gasteiger partial charge in [0.2, 0.25) is 0 Å². The summed E-state index contributed by atoms with van der Waals surface area (Å²) < 4.78 is 1.50. The fraction of sp³-hybridized carbons (Fsp3) is 0.407. The zero-order chi connectivity index (χ0) is 28.0. The van der Waals surface area contributed by atoms with Gasteiger partial charge in [-0.3, -0.25) is 19.7 Å². The summed E-state index contributed by atoms with van der Waals surface area (Å²) in [6.45, 7) is 6.52. The minimum atomic E-state index is -0.609. The Labute approximate surface area is 238 Å². The van der Waals surface area contributed by atoms with Crippen LogP contribution in [-0.2, 0) is 6.54 Å². The number of carbonyl (C=O) groups excluding carboxylic acids is 1. The monoisotopic (exact) mass is 578 g/mol. The van der Waals surface area contributed by atoms with Crippen LogP contribution in [0.2, 0.25) is 10.0 Å². The summed E-state index contributed by atoms with van der Waals surface area (Å²) in [5, 5.41) is 13.5. The van der Waals surface area contributed by atoms with Gasteiger partial charge in [0.25, 0.3) is 5.91 Å². The average molecular weight is 580 g/mol. The Morgan fingerprint density at radius 1 is 1.03 bits per heavy atom. The fourth-order valence-corrected chi connectivity index (χ4v) is 4.87. The van der Waals surface area contributed by atoms with Crippen molar-refractivity contribution in [1.82, 2.24) is 20.5 Å². The number of aromatic nitrogens is 1. The summed E-state index contributed by atoms with van der Waals surface area (Å²) in [4.78, 5) is 43.4. The van der Waals surface area contributed by atoms with Gasteiger partial charge in [0.1, 0.15) is 5.69 Å². The van der Waals surface area contributed by atoms with E-state index in [1.165, 1.54) is 10.6 Å². The van der Waals surface area contributed by atoms with Gasteiger partial charge < -0.3 is 25.4 Å². The van der Waals surface area contributed by atoms with Crippen LogP contribution in [-0.4, -0.2) is 72.0 Å². The van der Waals surface area contributed by atoms with Gasteiger partial charge >= 0.3 is 11.2 Å². The van der Waals surface area contributed by atoms with Gasteiger partial charge in [0.05, 0.1) is 20.5 Å². The number of rotatable bonds is 7. The Bertz CT molecular complexity index is 1370. The molecule has 1 aromatic heterocycles. The van der Waals surface area contributed by atoms with Gasteiger partial charge in [-0.05, 0) is 51.3 Å². The minimum absolute atomic E-state index is 0. The fourth-order valence-electron chi connectivity index (χ4n) is 4.57. The van der Waals surface area contributed by atoms with E-state index in [0.29, 0.717) is 71.3 Å². The summed E-state index contributed by atoms with van der Waals surface area (Å²) in [5.74, 6) is -0.191. The smallest absolute Gasteiger partial charge is 0.357 e. The van der Waals surface area contributed by atoms with Crippen molar-refractivity contribution in [2.24, 2.45) is 0 Å². The number of aryl methyl sites for hydroxylation is 1. The number of carbonyl (C=O) groups is 1. The number of benzene rings is 2. The Kier molecular flexibility index (Phi) is 11.7. The molecule has 0 atom stereocenters. The number of halogens is 2. The van der Waals surface area contributed by atoms with E-state index >= 15 is 0 Å². The number of nitro groups is 1. The lowest BCUT2D eigenvalue weighted by Gasteiger charge is -2.36. The maximum atomic E-state index is 13.4. The van der Waals surface area contributed by atoms with E-state index < -0.39 is 16.2 Å². The number of fused-ring (bicyclic) bond motifs is 1. The number of pyridine rings is 1. The largest absolute Gasteiger partial charge is 0.362 e. The Morgan fingerprint density at radius 3 is 2.26 bits per heavy atom. The summed E-state index contributed by atoms with van der Waals surface area (Å²) in [5.41, 5.74) is 0.362. The highest BCUT2D eigenvalue weighted by atomic mass is 35.5. The number of piperazine rings is 1. The third-order valence-electron chi connectivity index (χ3n) is 6.34. The van der Waals surface area contributed by atoms with E-state index in [0.717, 1.165) is 6.54 Å². The Hall–Kier alpha value is -3.18.